The van der Waals surface area contributed by atoms with Crippen molar-refractivity contribution in [1.29, 1.82) is 0 Å². The van der Waals surface area contributed by atoms with E-state index in [2.05, 4.69) is 5.32 Å². The largest absolute Gasteiger partial charge is 0.388 e. The predicted octanol–water partition coefficient (Wildman–Crippen LogP) is 0.866. The summed E-state index contributed by atoms with van der Waals surface area (Å²) in [6.45, 7) is 1.04. The lowest BCUT2D eigenvalue weighted by Gasteiger charge is -2.46. The van der Waals surface area contributed by atoms with Crippen molar-refractivity contribution in [1.82, 2.24) is 19.7 Å². The van der Waals surface area contributed by atoms with Crippen molar-refractivity contribution in [2.75, 3.05) is 26.2 Å². The number of aryl methyl sites for hydroxylation is 1. The molecule has 31 heavy (non-hydrogen) atoms. The van der Waals surface area contributed by atoms with Crippen molar-refractivity contribution >= 4 is 17.7 Å². The van der Waals surface area contributed by atoms with E-state index in [1.165, 1.54) is 0 Å². The highest BCUT2D eigenvalue weighted by molar-refractivity contribution is 5.93. The van der Waals surface area contributed by atoms with E-state index in [9.17, 15) is 19.5 Å². The molecule has 2 N–H and O–H groups in total. The zero-order valence-electron chi connectivity index (χ0n) is 17.7. The van der Waals surface area contributed by atoms with Gasteiger partial charge in [-0.25, -0.2) is 0 Å². The van der Waals surface area contributed by atoms with Crippen LogP contribution in [0.1, 0.15) is 35.3 Å². The van der Waals surface area contributed by atoms with Gasteiger partial charge in [0.2, 0.25) is 11.8 Å². The van der Waals surface area contributed by atoms with Gasteiger partial charge >= 0.3 is 0 Å². The van der Waals surface area contributed by atoms with E-state index < -0.39 is 11.6 Å². The Hall–Kier alpha value is -3.13. The normalized spacial score (nSPS) is 23.8. The lowest BCUT2D eigenvalue weighted by molar-refractivity contribution is -0.135. The van der Waals surface area contributed by atoms with Gasteiger partial charge in [-0.2, -0.15) is 0 Å². The Bertz CT molecular complexity index is 973. The van der Waals surface area contributed by atoms with Crippen LogP contribution < -0.4 is 5.32 Å². The number of carbonyl (C=O) groups excluding carboxylic acids is 3. The van der Waals surface area contributed by atoms with Gasteiger partial charge in [-0.3, -0.25) is 14.4 Å². The monoisotopic (exact) mass is 424 g/mol. The molecule has 2 aliphatic rings. The average Bonchev–Trinajstić information content (AvgIpc) is 3.37. The standard InChI is InChI=1S/C23H28N4O4/c1-25-12-5-9-18(25)22(31)27-14-11-23(19(28)15-27,17-7-3-2-4-8-17)24-20(29)16-26-13-6-10-21(26)30/h2-5,7-9,12,19,28H,6,10-11,13-16H2,1H3,(H,24,29)/t19-,23-/m1/s1. The van der Waals surface area contributed by atoms with Crippen molar-refractivity contribution in [2.24, 2.45) is 7.05 Å². The first-order chi connectivity index (χ1) is 14.9. The number of carbonyl (C=O) groups is 3. The molecule has 164 valence electrons. The number of hydrogen-bond acceptors (Lipinski definition) is 4. The molecule has 1 aromatic carbocycles. The summed E-state index contributed by atoms with van der Waals surface area (Å²) in [7, 11) is 1.81. The van der Waals surface area contributed by atoms with E-state index in [1.807, 2.05) is 49.6 Å². The lowest BCUT2D eigenvalue weighted by atomic mass is 9.78. The molecule has 8 nitrogen and oxygen atoms in total. The van der Waals surface area contributed by atoms with Gasteiger partial charge < -0.3 is 24.8 Å². The summed E-state index contributed by atoms with van der Waals surface area (Å²) >= 11 is 0. The van der Waals surface area contributed by atoms with Crippen LogP contribution in [0, 0.1) is 0 Å². The quantitative estimate of drug-likeness (QED) is 0.745. The number of nitrogens with one attached hydrogen (secondary N) is 1. The molecule has 2 saturated heterocycles. The zero-order valence-corrected chi connectivity index (χ0v) is 17.7. The minimum absolute atomic E-state index is 0.0209. The van der Waals surface area contributed by atoms with Crippen LogP contribution in [-0.4, -0.2) is 69.5 Å². The summed E-state index contributed by atoms with van der Waals surface area (Å²) < 4.78 is 1.75. The van der Waals surface area contributed by atoms with Gasteiger partial charge in [0.25, 0.3) is 5.91 Å². The first-order valence-electron chi connectivity index (χ1n) is 10.6. The molecule has 8 heteroatoms. The smallest absolute Gasteiger partial charge is 0.270 e. The van der Waals surface area contributed by atoms with Crippen molar-refractivity contribution in [2.45, 2.75) is 30.9 Å². The van der Waals surface area contributed by atoms with Gasteiger partial charge in [0.1, 0.15) is 5.69 Å². The number of β-amino-alcohol motifs (C(OH)–C–C–N with tert-alkyl or cyclic N) is 1. The Kier molecular flexibility index (Phi) is 5.82. The lowest BCUT2D eigenvalue weighted by Crippen LogP contribution is -2.63. The molecule has 0 radical (unpaired) electrons. The van der Waals surface area contributed by atoms with E-state index in [-0.39, 0.29) is 30.8 Å². The van der Waals surface area contributed by atoms with Crippen LogP contribution in [0.15, 0.2) is 48.7 Å². The summed E-state index contributed by atoms with van der Waals surface area (Å²) in [5, 5.41) is 14.3. The number of amides is 3. The minimum Gasteiger partial charge on any atom is -0.388 e. The summed E-state index contributed by atoms with van der Waals surface area (Å²) in [6.07, 6.45) is 2.41. The molecule has 0 unspecified atom stereocenters. The van der Waals surface area contributed by atoms with Gasteiger partial charge in [0.05, 0.1) is 18.2 Å². The molecule has 3 amide bonds. The molecule has 0 spiro atoms. The molecule has 0 bridgehead atoms. The van der Waals surface area contributed by atoms with E-state index in [4.69, 9.17) is 0 Å². The van der Waals surface area contributed by atoms with Gasteiger partial charge in [0, 0.05) is 39.3 Å². The van der Waals surface area contributed by atoms with Crippen molar-refractivity contribution in [3.05, 3.63) is 59.9 Å². The zero-order chi connectivity index (χ0) is 22.0. The highest BCUT2D eigenvalue weighted by atomic mass is 16.3. The topological polar surface area (TPSA) is 94.9 Å². The number of likely N-dealkylation sites (tertiary alicyclic amines) is 2. The number of hydrogen-bond donors (Lipinski definition) is 2. The molecule has 2 atom stereocenters. The molecule has 2 fully saturated rings. The van der Waals surface area contributed by atoms with Crippen molar-refractivity contribution in [3.8, 4) is 0 Å². The average molecular weight is 425 g/mol. The van der Waals surface area contributed by atoms with Crippen LogP contribution in [0.5, 0.6) is 0 Å². The number of aromatic nitrogens is 1. The Balaban J connectivity index is 1.54. The third-order valence-corrected chi connectivity index (χ3v) is 6.35. The molecule has 2 aromatic rings. The van der Waals surface area contributed by atoms with E-state index >= 15 is 0 Å². The van der Waals surface area contributed by atoms with Crippen LogP contribution in [0.2, 0.25) is 0 Å². The van der Waals surface area contributed by atoms with Crippen LogP contribution in [0.4, 0.5) is 0 Å². The molecule has 2 aliphatic heterocycles. The van der Waals surface area contributed by atoms with Gasteiger partial charge in [-0.1, -0.05) is 30.3 Å². The second kappa shape index (κ2) is 8.55. The second-order valence-electron chi connectivity index (χ2n) is 8.33. The van der Waals surface area contributed by atoms with E-state index in [1.54, 1.807) is 20.4 Å². The molecule has 4 rings (SSSR count). The van der Waals surface area contributed by atoms with Crippen LogP contribution in [-0.2, 0) is 22.2 Å². The SMILES string of the molecule is Cn1cccc1C(=O)N1CC[C@@](NC(=O)CN2CCCC2=O)(c2ccccc2)[C@H](O)C1. The fourth-order valence-electron chi connectivity index (χ4n) is 4.59. The summed E-state index contributed by atoms with van der Waals surface area (Å²) in [5.74, 6) is -0.477. The summed E-state index contributed by atoms with van der Waals surface area (Å²) in [6, 6.07) is 12.9. The highest BCUT2D eigenvalue weighted by Gasteiger charge is 2.46. The van der Waals surface area contributed by atoms with Gasteiger partial charge in [-0.15, -0.1) is 0 Å². The fraction of sp³-hybridized carbons (Fsp3) is 0.435. The van der Waals surface area contributed by atoms with Crippen molar-refractivity contribution in [3.63, 3.8) is 0 Å². The Morgan fingerprint density at radius 3 is 2.55 bits per heavy atom. The summed E-state index contributed by atoms with van der Waals surface area (Å²) in [4.78, 5) is 40.9. The number of nitrogens with zero attached hydrogens (tertiary/aromatic N) is 3. The van der Waals surface area contributed by atoms with E-state index in [0.29, 0.717) is 31.6 Å². The van der Waals surface area contributed by atoms with Gasteiger partial charge in [0.15, 0.2) is 0 Å². The first kappa shape index (κ1) is 21.1. The highest BCUT2D eigenvalue weighted by Crippen LogP contribution is 2.34. The van der Waals surface area contributed by atoms with Crippen LogP contribution >= 0.6 is 0 Å². The number of aliphatic hydroxyl groups excluding tert-OH is 1. The maximum atomic E-state index is 12.9. The maximum Gasteiger partial charge on any atom is 0.270 e. The third-order valence-electron chi connectivity index (χ3n) is 6.35. The number of benzene rings is 1. The van der Waals surface area contributed by atoms with Crippen LogP contribution in [0.3, 0.4) is 0 Å². The van der Waals surface area contributed by atoms with E-state index in [0.717, 1.165) is 12.0 Å². The molecular formula is C23H28N4O4. The maximum absolute atomic E-state index is 12.9. The molecule has 0 aliphatic carbocycles. The number of rotatable bonds is 5. The Labute approximate surface area is 181 Å². The third kappa shape index (κ3) is 4.07. The molecule has 3 heterocycles. The molecular weight excluding hydrogens is 396 g/mol. The van der Waals surface area contributed by atoms with Crippen LogP contribution in [0.25, 0.3) is 0 Å². The summed E-state index contributed by atoms with van der Waals surface area (Å²) in [5.41, 5.74) is 0.317. The molecule has 1 aromatic heterocycles. The number of piperidine rings is 1. The Morgan fingerprint density at radius 2 is 1.94 bits per heavy atom. The molecule has 0 saturated carbocycles. The van der Waals surface area contributed by atoms with Crippen molar-refractivity contribution < 1.29 is 19.5 Å². The predicted molar refractivity (Wildman–Crippen MR) is 114 cm³/mol. The first-order valence-corrected chi connectivity index (χ1v) is 10.6. The van der Waals surface area contributed by atoms with Gasteiger partial charge in [-0.05, 0) is 30.5 Å². The number of aliphatic hydroxyl groups is 1. The Morgan fingerprint density at radius 1 is 1.16 bits per heavy atom. The minimum atomic E-state index is -1.02. The fourth-order valence-corrected chi connectivity index (χ4v) is 4.59. The second-order valence-corrected chi connectivity index (χ2v) is 8.33.